The minimum absolute atomic E-state index is 0.0395. The van der Waals surface area contributed by atoms with Crippen molar-refractivity contribution in [1.29, 1.82) is 0 Å². The van der Waals surface area contributed by atoms with E-state index in [2.05, 4.69) is 30.6 Å². The number of rotatable bonds is 17. The van der Waals surface area contributed by atoms with Crippen LogP contribution in [-0.4, -0.2) is 72.6 Å². The number of halogens is 4. The fourth-order valence-electron chi connectivity index (χ4n) is 6.97. The Bertz CT molecular complexity index is 2230. The number of hydrogen-bond donors (Lipinski definition) is 0. The number of benzene rings is 3. The van der Waals surface area contributed by atoms with Crippen LogP contribution in [0.3, 0.4) is 0 Å². The van der Waals surface area contributed by atoms with E-state index in [1.54, 1.807) is 36.4 Å². The van der Waals surface area contributed by atoms with Gasteiger partial charge in [0.2, 0.25) is 0 Å². The van der Waals surface area contributed by atoms with E-state index in [4.69, 9.17) is 13.0 Å². The molecule has 18 heteroatoms. The van der Waals surface area contributed by atoms with Crippen LogP contribution in [0.5, 0.6) is 0 Å². The van der Waals surface area contributed by atoms with Crippen LogP contribution < -0.4 is 21.5 Å². The molecule has 0 saturated heterocycles. The molecule has 0 spiro atoms. The molecule has 3 aromatic rings. The maximum absolute atomic E-state index is 15.4. The summed E-state index contributed by atoms with van der Waals surface area (Å²) < 4.78 is 128. The van der Waals surface area contributed by atoms with Crippen LogP contribution in [0.4, 0.5) is 18.0 Å². The fourth-order valence-corrected chi connectivity index (χ4v) is 26.7. The van der Waals surface area contributed by atoms with Crippen molar-refractivity contribution in [2.45, 2.75) is 140 Å². The zero-order valence-electron chi connectivity index (χ0n) is 35.5. The van der Waals surface area contributed by atoms with Crippen molar-refractivity contribution >= 4 is 54.6 Å². The molecule has 0 radical (unpaired) electrons. The third kappa shape index (κ3) is 15.4. The van der Waals surface area contributed by atoms with Gasteiger partial charge in [0.25, 0.3) is 0 Å². The summed E-state index contributed by atoms with van der Waals surface area (Å²) in [5, 5.41) is 0. The summed E-state index contributed by atoms with van der Waals surface area (Å²) >= 11 is -4.89. The van der Waals surface area contributed by atoms with Gasteiger partial charge in [-0.1, -0.05) is 0 Å². The monoisotopic (exact) mass is 1130 g/mol. The first-order valence-corrected chi connectivity index (χ1v) is 34.5. The van der Waals surface area contributed by atoms with E-state index < -0.39 is 87.6 Å². The van der Waals surface area contributed by atoms with Gasteiger partial charge >= 0.3 is 344 Å². The number of sulfonamides is 2. The van der Waals surface area contributed by atoms with E-state index in [-0.39, 0.29) is 15.7 Å². The van der Waals surface area contributed by atoms with Crippen LogP contribution in [0.1, 0.15) is 103 Å². The second-order valence-corrected chi connectivity index (χ2v) is 36.0. The van der Waals surface area contributed by atoms with Crippen molar-refractivity contribution in [3.05, 3.63) is 93.6 Å². The smallest absolute Gasteiger partial charge is 0.485 e. The number of unbranched alkanes of at least 4 members (excludes halogenated alkanes) is 3. The summed E-state index contributed by atoms with van der Waals surface area (Å²) in [6.07, 6.45) is 10.8. The van der Waals surface area contributed by atoms with Crippen LogP contribution in [0.15, 0.2) is 88.7 Å². The molecule has 0 N–H and O–H groups in total. The number of nitrogens with zero attached hydrogens (tertiary/aromatic N) is 2. The number of carbonyl (C=O) groups excluding carboxylic acids is 1. The summed E-state index contributed by atoms with van der Waals surface area (Å²) in [7, 11) is -15.1. The van der Waals surface area contributed by atoms with Crippen LogP contribution in [-0.2, 0) is 30.2 Å². The molecular formula is C43H58F3IN2O8S3Sn. The molecule has 1 unspecified atom stereocenters. The van der Waals surface area contributed by atoms with Gasteiger partial charge in [0.15, 0.2) is 10.1 Å². The molecule has 0 aromatic heterocycles. The molecule has 3 aromatic carbocycles. The molecule has 0 bridgehead atoms. The zero-order valence-corrected chi connectivity index (χ0v) is 42.9. The average molecular weight is 1130 g/mol. The first-order valence-electron chi connectivity index (χ1n) is 20.7. The van der Waals surface area contributed by atoms with E-state index in [1.165, 1.54) is 24.3 Å². The summed E-state index contributed by atoms with van der Waals surface area (Å²) in [6, 6.07) is 19.9. The molecule has 1 fully saturated rings. The van der Waals surface area contributed by atoms with Crippen molar-refractivity contribution in [3.63, 3.8) is 0 Å². The quantitative estimate of drug-likeness (QED) is 0.0340. The van der Waals surface area contributed by atoms with Crippen molar-refractivity contribution < 1.29 is 69.3 Å². The van der Waals surface area contributed by atoms with Crippen LogP contribution in [0.2, 0.25) is 13.3 Å². The number of amides is 2. The molecule has 10 nitrogen and oxygen atoms in total. The molecule has 4 rings (SSSR count). The minimum Gasteiger partial charge on any atom is -0.741 e. The first-order chi connectivity index (χ1) is 28.6. The van der Waals surface area contributed by atoms with Crippen LogP contribution >= 0.6 is 0 Å². The number of hydrogen-bond acceptors (Lipinski definition) is 8. The Labute approximate surface area is 376 Å². The third-order valence-electron chi connectivity index (χ3n) is 10.5. The fraction of sp³-hybridized carbons (Fsp3) is 0.512. The summed E-state index contributed by atoms with van der Waals surface area (Å²) in [4.78, 5) is 15.3. The van der Waals surface area contributed by atoms with Gasteiger partial charge < -0.3 is 4.55 Å². The SMILES string of the molecule is CCC[CH2][Sn]([C]#CC(C1CCCCC1)N(C(=O)N([I+]c1ccccc1)S(=O)(=O)c1ccc(C)cc1)S(=O)(=O)c1ccc(C)cc1)([CH2]CCC)[CH2]CCC.O=S(=O)([O-])C(F)(F)F. The van der Waals surface area contributed by atoms with Gasteiger partial charge in [0, 0.05) is 0 Å². The molecule has 1 aliphatic carbocycles. The van der Waals surface area contributed by atoms with Crippen LogP contribution in [0, 0.1) is 33.2 Å². The predicted molar refractivity (Wildman–Crippen MR) is 230 cm³/mol. The summed E-state index contributed by atoms with van der Waals surface area (Å²) in [5.41, 5.74) is -3.89. The molecule has 1 atom stereocenters. The second kappa shape index (κ2) is 24.1. The molecule has 338 valence electrons. The van der Waals surface area contributed by atoms with Gasteiger partial charge in [-0.2, -0.15) is 13.2 Å². The molecule has 61 heavy (non-hydrogen) atoms. The molecule has 1 saturated carbocycles. The van der Waals surface area contributed by atoms with Crippen molar-refractivity contribution in [3.8, 4) is 9.86 Å². The number of aryl methyl sites for hydroxylation is 2. The molecule has 0 heterocycles. The summed E-state index contributed by atoms with van der Waals surface area (Å²) in [5.74, 6) is 3.40. The Morgan fingerprint density at radius 2 is 1.16 bits per heavy atom. The Balaban J connectivity index is 0.00000112. The average Bonchev–Trinajstić information content (AvgIpc) is 3.22. The Kier molecular flexibility index (Phi) is 20.9. The molecule has 1 aliphatic rings. The topological polar surface area (TPSA) is 149 Å². The largest absolute Gasteiger partial charge is 0.741 e. The predicted octanol–water partition coefficient (Wildman–Crippen LogP) is 7.37. The maximum atomic E-state index is 15.4. The van der Waals surface area contributed by atoms with Gasteiger partial charge in [0.05, 0.1) is 0 Å². The Morgan fingerprint density at radius 3 is 1.57 bits per heavy atom. The minimum atomic E-state index is -6.09. The van der Waals surface area contributed by atoms with Crippen molar-refractivity contribution in [1.82, 2.24) is 6.82 Å². The van der Waals surface area contributed by atoms with E-state index in [9.17, 15) is 21.6 Å². The Morgan fingerprint density at radius 1 is 0.738 bits per heavy atom. The zero-order chi connectivity index (χ0) is 45.5. The second-order valence-electron chi connectivity index (χ2n) is 15.4. The standard InChI is InChI=1S/C30H31IN2O5S2.3C4H9.CHF3O3S.Sn/c1-4-29(25-11-7-5-8-12-25)32(39(35,36)27-19-15-23(2)16-20-27)30(34)33(31-26-13-9-6-10-14-26)40(37,38)28-21-17-24(3)18-22-28;3*1-3-4-2;2-1(3,4)8(5,6)7;/h6,9-10,13-22,25,29H,5,7-8,11-12H2,2-3H3;3*1,3-4H2,2H3;(H,5,6,7);/q+1;;;;;/p-1. The molecule has 0 aliphatic heterocycles. The molecule has 2 amide bonds. The van der Waals surface area contributed by atoms with Gasteiger partial charge in [-0.3, -0.25) is 0 Å². The van der Waals surface area contributed by atoms with Crippen LogP contribution in [0.25, 0.3) is 0 Å². The number of carbonyl (C=O) groups is 1. The van der Waals surface area contributed by atoms with Gasteiger partial charge in [0.1, 0.15) is 0 Å². The number of alkyl halides is 3. The van der Waals surface area contributed by atoms with E-state index in [0.717, 1.165) is 102 Å². The van der Waals surface area contributed by atoms with Crippen molar-refractivity contribution in [2.75, 3.05) is 0 Å². The first kappa shape index (κ1) is 53.0. The third-order valence-corrected chi connectivity index (χ3v) is 31.6. The van der Waals surface area contributed by atoms with Gasteiger partial charge in [-0.05, 0) is 0 Å². The van der Waals surface area contributed by atoms with E-state index >= 15 is 13.2 Å². The van der Waals surface area contributed by atoms with E-state index in [0.29, 0.717) is 3.57 Å². The van der Waals surface area contributed by atoms with Gasteiger partial charge in [-0.25, -0.2) is 8.42 Å². The summed E-state index contributed by atoms with van der Waals surface area (Å²) in [6.45, 7) is 10.4. The number of urea groups is 1. The van der Waals surface area contributed by atoms with Gasteiger partial charge in [-0.15, -0.1) is 0 Å². The van der Waals surface area contributed by atoms with Crippen molar-refractivity contribution in [2.24, 2.45) is 5.92 Å². The normalized spacial score (nSPS) is 14.5. The Hall–Kier alpha value is -2.38. The van der Waals surface area contributed by atoms with E-state index in [1.807, 2.05) is 32.0 Å². The maximum Gasteiger partial charge on any atom is 0.485 e. The molecular weight excluding hydrogens is 1070 g/mol.